The molecule has 0 amide bonds. The van der Waals surface area contributed by atoms with Gasteiger partial charge in [0.2, 0.25) is 0 Å². The van der Waals surface area contributed by atoms with Crippen molar-refractivity contribution < 1.29 is 4.84 Å². The minimum Gasteiger partial charge on any atom is -0.372 e. The van der Waals surface area contributed by atoms with Gasteiger partial charge in [0.25, 0.3) is 5.17 Å². The third-order valence-electron chi connectivity index (χ3n) is 4.05. The molecule has 0 spiro atoms. The second kappa shape index (κ2) is 3.68. The molecule has 0 aromatic heterocycles. The number of para-hydroxylation sites is 1. The van der Waals surface area contributed by atoms with E-state index in [-0.39, 0.29) is 11.2 Å². The summed E-state index contributed by atoms with van der Waals surface area (Å²) in [5, 5.41) is 2.62. The molecule has 3 nitrogen and oxygen atoms in total. The van der Waals surface area contributed by atoms with Crippen molar-refractivity contribution in [2.75, 3.05) is 4.90 Å². The number of anilines is 1. The van der Waals surface area contributed by atoms with Gasteiger partial charge >= 0.3 is 0 Å². The van der Waals surface area contributed by atoms with Crippen molar-refractivity contribution in [1.29, 1.82) is 0 Å². The summed E-state index contributed by atoms with van der Waals surface area (Å²) in [6, 6.07) is 10.2. The van der Waals surface area contributed by atoms with Gasteiger partial charge in [-0.2, -0.15) is 0 Å². The largest absolute Gasteiger partial charge is 0.372 e. The number of nitrogens with zero attached hydrogens (tertiary/aromatic N) is 2. The smallest absolute Gasteiger partial charge is 0.287 e. The minimum atomic E-state index is -0.165. The summed E-state index contributed by atoms with van der Waals surface area (Å²) in [7, 11) is 0. The standard InChI is InChI=1S/C14H18N2OS/c1-13(2)9-10-14(3)15(12(18)17-16(13)14)11-7-5-4-6-8-11/h4-8H,9-10H2,1-3H3. The van der Waals surface area contributed by atoms with E-state index in [4.69, 9.17) is 17.1 Å². The van der Waals surface area contributed by atoms with Crippen LogP contribution < -0.4 is 4.90 Å². The number of hydroxylamine groups is 2. The van der Waals surface area contributed by atoms with Crippen LogP contribution in [0.15, 0.2) is 30.3 Å². The van der Waals surface area contributed by atoms with Crippen molar-refractivity contribution in [3.63, 3.8) is 0 Å². The Labute approximate surface area is 113 Å². The molecule has 0 saturated carbocycles. The Morgan fingerprint density at radius 3 is 2.44 bits per heavy atom. The third kappa shape index (κ3) is 1.49. The molecule has 0 bridgehead atoms. The van der Waals surface area contributed by atoms with Gasteiger partial charge in [-0.15, -0.1) is 5.06 Å². The molecule has 1 unspecified atom stereocenters. The summed E-state index contributed by atoms with van der Waals surface area (Å²) in [4.78, 5) is 8.00. The average Bonchev–Trinajstić information content (AvgIpc) is 2.72. The fourth-order valence-corrected chi connectivity index (χ4v) is 3.48. The molecule has 2 saturated heterocycles. The van der Waals surface area contributed by atoms with Crippen molar-refractivity contribution in [3.8, 4) is 0 Å². The van der Waals surface area contributed by atoms with Crippen LogP contribution in [0.3, 0.4) is 0 Å². The molecule has 2 aliphatic rings. The molecule has 0 N–H and O–H groups in total. The van der Waals surface area contributed by atoms with Gasteiger partial charge in [0, 0.05) is 5.69 Å². The molecular formula is C14H18N2OS. The lowest BCUT2D eigenvalue weighted by atomic mass is 10.0. The van der Waals surface area contributed by atoms with Crippen molar-refractivity contribution in [2.24, 2.45) is 0 Å². The summed E-state index contributed by atoms with van der Waals surface area (Å²) in [5.74, 6) is 0. The Morgan fingerprint density at radius 2 is 1.78 bits per heavy atom. The van der Waals surface area contributed by atoms with Gasteiger partial charge in [0.05, 0.1) is 5.54 Å². The van der Waals surface area contributed by atoms with Crippen molar-refractivity contribution in [3.05, 3.63) is 30.3 Å². The molecule has 1 aromatic carbocycles. The predicted molar refractivity (Wildman–Crippen MR) is 76.2 cm³/mol. The Hall–Kier alpha value is -1.13. The van der Waals surface area contributed by atoms with E-state index in [0.717, 1.165) is 18.5 Å². The van der Waals surface area contributed by atoms with Gasteiger partial charge in [0.15, 0.2) is 0 Å². The highest BCUT2D eigenvalue weighted by Gasteiger charge is 2.59. The molecular weight excluding hydrogens is 244 g/mol. The van der Waals surface area contributed by atoms with Crippen LogP contribution in [-0.4, -0.2) is 21.4 Å². The summed E-state index contributed by atoms with van der Waals surface area (Å²) in [6.45, 7) is 6.61. The maximum absolute atomic E-state index is 5.86. The molecule has 2 fully saturated rings. The van der Waals surface area contributed by atoms with Crippen LogP contribution in [0.5, 0.6) is 0 Å². The number of hydrogen-bond acceptors (Lipinski definition) is 3. The van der Waals surface area contributed by atoms with E-state index >= 15 is 0 Å². The van der Waals surface area contributed by atoms with Crippen LogP contribution in [0.25, 0.3) is 0 Å². The Morgan fingerprint density at radius 1 is 1.11 bits per heavy atom. The van der Waals surface area contributed by atoms with Gasteiger partial charge in [-0.3, -0.25) is 4.90 Å². The quantitative estimate of drug-likeness (QED) is 0.721. The molecule has 2 aliphatic heterocycles. The first-order valence-electron chi connectivity index (χ1n) is 6.33. The fourth-order valence-electron chi connectivity index (χ4n) is 3.10. The summed E-state index contributed by atoms with van der Waals surface area (Å²) in [5.41, 5.74) is 0.967. The molecule has 4 heteroatoms. The maximum Gasteiger partial charge on any atom is 0.287 e. The topological polar surface area (TPSA) is 15.7 Å². The Bertz CT molecular complexity index is 488. The van der Waals surface area contributed by atoms with E-state index in [2.05, 4.69) is 42.9 Å². The lowest BCUT2D eigenvalue weighted by Gasteiger charge is -2.36. The molecule has 0 aliphatic carbocycles. The van der Waals surface area contributed by atoms with Crippen molar-refractivity contribution in [2.45, 2.75) is 44.8 Å². The van der Waals surface area contributed by atoms with E-state index in [1.807, 2.05) is 18.2 Å². The molecule has 2 heterocycles. The third-order valence-corrected chi connectivity index (χ3v) is 4.30. The van der Waals surface area contributed by atoms with Gasteiger partial charge < -0.3 is 4.84 Å². The predicted octanol–water partition coefficient (Wildman–Crippen LogP) is 3.31. The molecule has 0 radical (unpaired) electrons. The van der Waals surface area contributed by atoms with Crippen LogP contribution >= 0.6 is 12.2 Å². The number of thiocarbonyl (C=S) groups is 1. The highest BCUT2D eigenvalue weighted by molar-refractivity contribution is 7.80. The number of fused-ring (bicyclic) bond motifs is 1. The Balaban J connectivity index is 2.04. The van der Waals surface area contributed by atoms with E-state index < -0.39 is 0 Å². The monoisotopic (exact) mass is 262 g/mol. The molecule has 3 rings (SSSR count). The molecule has 96 valence electrons. The second-order valence-corrected chi connectivity index (χ2v) is 6.20. The minimum absolute atomic E-state index is 0.0301. The van der Waals surface area contributed by atoms with Gasteiger partial charge in [-0.25, -0.2) is 0 Å². The highest BCUT2D eigenvalue weighted by atomic mass is 32.1. The van der Waals surface area contributed by atoms with Crippen molar-refractivity contribution >= 4 is 23.1 Å². The summed E-state index contributed by atoms with van der Waals surface area (Å²) in [6.07, 6.45) is 2.16. The number of rotatable bonds is 1. The van der Waals surface area contributed by atoms with Crippen LogP contribution in [-0.2, 0) is 4.84 Å². The molecule has 1 aromatic rings. The van der Waals surface area contributed by atoms with Gasteiger partial charge in [0.1, 0.15) is 5.66 Å². The van der Waals surface area contributed by atoms with E-state index in [9.17, 15) is 0 Å². The van der Waals surface area contributed by atoms with E-state index in [1.54, 1.807) is 0 Å². The first-order chi connectivity index (χ1) is 8.45. The lowest BCUT2D eigenvalue weighted by molar-refractivity contribution is -0.147. The fraction of sp³-hybridized carbons (Fsp3) is 0.500. The van der Waals surface area contributed by atoms with Crippen LogP contribution in [0.4, 0.5) is 5.69 Å². The molecule has 18 heavy (non-hydrogen) atoms. The average molecular weight is 262 g/mol. The summed E-state index contributed by atoms with van der Waals surface area (Å²) >= 11 is 5.41. The van der Waals surface area contributed by atoms with Crippen molar-refractivity contribution in [1.82, 2.24) is 5.06 Å². The molecule has 1 atom stereocenters. The van der Waals surface area contributed by atoms with Crippen LogP contribution in [0.1, 0.15) is 33.6 Å². The van der Waals surface area contributed by atoms with Gasteiger partial charge in [-0.05, 0) is 58.0 Å². The normalized spacial score (nSPS) is 30.4. The second-order valence-electron chi connectivity index (χ2n) is 5.85. The lowest BCUT2D eigenvalue weighted by Crippen LogP contribution is -2.51. The first-order valence-corrected chi connectivity index (χ1v) is 6.73. The zero-order valence-electron chi connectivity index (χ0n) is 11.0. The van der Waals surface area contributed by atoms with Crippen LogP contribution in [0.2, 0.25) is 0 Å². The number of hydrogen-bond donors (Lipinski definition) is 0. The number of benzene rings is 1. The van der Waals surface area contributed by atoms with E-state index in [0.29, 0.717) is 5.17 Å². The highest BCUT2D eigenvalue weighted by Crippen LogP contribution is 2.48. The van der Waals surface area contributed by atoms with Gasteiger partial charge in [-0.1, -0.05) is 18.2 Å². The SMILES string of the molecule is CC1(C)CCC2(C)N(c3ccccc3)C(=S)ON12. The summed E-state index contributed by atoms with van der Waals surface area (Å²) < 4.78 is 0. The first kappa shape index (κ1) is 11.9. The van der Waals surface area contributed by atoms with Crippen LogP contribution in [0, 0.1) is 0 Å². The van der Waals surface area contributed by atoms with E-state index in [1.165, 1.54) is 0 Å². The zero-order chi connectivity index (χ0) is 13.0. The Kier molecular flexibility index (Phi) is 2.44. The maximum atomic E-state index is 5.86. The zero-order valence-corrected chi connectivity index (χ0v) is 11.8.